The maximum absolute atomic E-state index is 12.5. The fourth-order valence-electron chi connectivity index (χ4n) is 3.49. The minimum absolute atomic E-state index is 0.0551. The molecule has 3 aromatic carbocycles. The van der Waals surface area contributed by atoms with Gasteiger partial charge in [0.1, 0.15) is 11.6 Å². The molecule has 1 amide bonds. The number of amides is 1. The van der Waals surface area contributed by atoms with Crippen molar-refractivity contribution in [3.8, 4) is 5.75 Å². The minimum Gasteiger partial charge on any atom is -0.484 e. The van der Waals surface area contributed by atoms with Gasteiger partial charge < -0.3 is 15.0 Å². The van der Waals surface area contributed by atoms with E-state index >= 15 is 0 Å². The van der Waals surface area contributed by atoms with Crippen LogP contribution in [0.15, 0.2) is 78.9 Å². The largest absolute Gasteiger partial charge is 0.484 e. The summed E-state index contributed by atoms with van der Waals surface area (Å²) in [5.74, 6) is 1.09. The zero-order valence-electron chi connectivity index (χ0n) is 18.0. The first-order valence-electron chi connectivity index (χ1n) is 10.6. The number of imidazole rings is 1. The molecule has 0 spiro atoms. The molecule has 1 heterocycles. The van der Waals surface area contributed by atoms with Gasteiger partial charge in [0, 0.05) is 11.1 Å². The summed E-state index contributed by atoms with van der Waals surface area (Å²) in [5, 5.41) is 3.00. The van der Waals surface area contributed by atoms with Gasteiger partial charge >= 0.3 is 0 Å². The van der Waals surface area contributed by atoms with Gasteiger partial charge in [0.05, 0.1) is 17.1 Å². The van der Waals surface area contributed by atoms with E-state index in [1.165, 1.54) is 0 Å². The Morgan fingerprint density at radius 3 is 2.25 bits per heavy atom. The number of para-hydroxylation sites is 2. The molecule has 0 bridgehead atoms. The van der Waals surface area contributed by atoms with Crippen molar-refractivity contribution in [2.24, 2.45) is 5.92 Å². The second-order valence-electron chi connectivity index (χ2n) is 7.94. The SMILES string of the molecule is CC(C)[C@@H](NC(=O)COc1ccc(C(=O)c2ccccc2)cc1)c1nc2ccccc2[nH]1. The highest BCUT2D eigenvalue weighted by atomic mass is 16.5. The van der Waals surface area contributed by atoms with Crippen LogP contribution >= 0.6 is 0 Å². The van der Waals surface area contributed by atoms with E-state index in [1.54, 1.807) is 36.4 Å². The Morgan fingerprint density at radius 1 is 0.906 bits per heavy atom. The third-order valence-corrected chi connectivity index (χ3v) is 5.21. The van der Waals surface area contributed by atoms with Gasteiger partial charge in [0.2, 0.25) is 0 Å². The first-order chi connectivity index (χ1) is 15.5. The molecule has 0 unspecified atom stereocenters. The lowest BCUT2D eigenvalue weighted by Gasteiger charge is -2.20. The van der Waals surface area contributed by atoms with Crippen molar-refractivity contribution in [3.05, 3.63) is 95.8 Å². The normalized spacial score (nSPS) is 12.0. The molecule has 0 aliphatic carbocycles. The molecule has 4 rings (SSSR count). The van der Waals surface area contributed by atoms with Crippen LogP contribution in [0.5, 0.6) is 5.75 Å². The lowest BCUT2D eigenvalue weighted by molar-refractivity contribution is -0.124. The van der Waals surface area contributed by atoms with Gasteiger partial charge in [-0.05, 0) is 42.3 Å². The van der Waals surface area contributed by atoms with Crippen LogP contribution in [0, 0.1) is 5.92 Å². The molecule has 6 heteroatoms. The predicted octanol–water partition coefficient (Wildman–Crippen LogP) is 4.69. The molecule has 1 atom stereocenters. The third-order valence-electron chi connectivity index (χ3n) is 5.21. The fourth-order valence-corrected chi connectivity index (χ4v) is 3.49. The summed E-state index contributed by atoms with van der Waals surface area (Å²) in [4.78, 5) is 32.9. The van der Waals surface area contributed by atoms with Gasteiger partial charge in [-0.15, -0.1) is 0 Å². The molecule has 0 aliphatic heterocycles. The standard InChI is InChI=1S/C26H25N3O3/c1-17(2)24(26-27-21-10-6-7-11-22(21)28-26)29-23(30)16-32-20-14-12-19(13-15-20)25(31)18-8-4-3-5-9-18/h3-15,17,24H,16H2,1-2H3,(H,27,28)(H,29,30)/t24-/m1/s1. The van der Waals surface area contributed by atoms with Crippen LogP contribution < -0.4 is 10.1 Å². The number of ketones is 1. The number of hydrogen-bond donors (Lipinski definition) is 2. The van der Waals surface area contributed by atoms with Crippen molar-refractivity contribution in [2.75, 3.05) is 6.61 Å². The summed E-state index contributed by atoms with van der Waals surface area (Å²) in [6, 6.07) is 23.4. The summed E-state index contributed by atoms with van der Waals surface area (Å²) in [5.41, 5.74) is 3.00. The van der Waals surface area contributed by atoms with Crippen LogP contribution in [0.25, 0.3) is 11.0 Å². The Bertz CT molecular complexity index is 1180. The zero-order valence-corrected chi connectivity index (χ0v) is 18.0. The van der Waals surface area contributed by atoms with E-state index in [4.69, 9.17) is 4.74 Å². The number of carbonyl (C=O) groups excluding carboxylic acids is 2. The maximum atomic E-state index is 12.5. The zero-order chi connectivity index (χ0) is 22.5. The predicted molar refractivity (Wildman–Crippen MR) is 124 cm³/mol. The van der Waals surface area contributed by atoms with E-state index in [0.717, 1.165) is 16.9 Å². The van der Waals surface area contributed by atoms with Crippen LogP contribution in [0.2, 0.25) is 0 Å². The van der Waals surface area contributed by atoms with E-state index in [0.29, 0.717) is 16.9 Å². The number of nitrogens with zero attached hydrogens (tertiary/aromatic N) is 1. The average molecular weight is 428 g/mol. The first-order valence-corrected chi connectivity index (χ1v) is 10.6. The van der Waals surface area contributed by atoms with E-state index in [-0.39, 0.29) is 30.3 Å². The molecule has 0 fully saturated rings. The van der Waals surface area contributed by atoms with E-state index in [9.17, 15) is 9.59 Å². The Morgan fingerprint density at radius 2 is 1.56 bits per heavy atom. The Kier molecular flexibility index (Phi) is 6.31. The minimum atomic E-state index is -0.260. The van der Waals surface area contributed by atoms with E-state index < -0.39 is 0 Å². The van der Waals surface area contributed by atoms with Gasteiger partial charge in [0.15, 0.2) is 12.4 Å². The van der Waals surface area contributed by atoms with Gasteiger partial charge in [-0.3, -0.25) is 9.59 Å². The van der Waals surface area contributed by atoms with Crippen molar-refractivity contribution >= 4 is 22.7 Å². The van der Waals surface area contributed by atoms with Crippen molar-refractivity contribution in [2.45, 2.75) is 19.9 Å². The van der Waals surface area contributed by atoms with Crippen molar-refractivity contribution in [1.82, 2.24) is 15.3 Å². The van der Waals surface area contributed by atoms with Gasteiger partial charge in [-0.1, -0.05) is 56.3 Å². The number of aromatic nitrogens is 2. The molecular weight excluding hydrogens is 402 g/mol. The smallest absolute Gasteiger partial charge is 0.258 e. The van der Waals surface area contributed by atoms with Crippen LogP contribution in [-0.2, 0) is 4.79 Å². The highest BCUT2D eigenvalue weighted by Crippen LogP contribution is 2.22. The van der Waals surface area contributed by atoms with Crippen molar-refractivity contribution in [3.63, 3.8) is 0 Å². The van der Waals surface area contributed by atoms with Crippen LogP contribution in [0.3, 0.4) is 0 Å². The number of H-pyrrole nitrogens is 1. The number of carbonyl (C=O) groups is 2. The molecule has 2 N–H and O–H groups in total. The molecule has 0 saturated heterocycles. The Balaban J connectivity index is 1.36. The topological polar surface area (TPSA) is 84.1 Å². The summed E-state index contributed by atoms with van der Waals surface area (Å²) in [6.07, 6.45) is 0. The van der Waals surface area contributed by atoms with Crippen LogP contribution in [-0.4, -0.2) is 28.3 Å². The molecule has 4 aromatic rings. The van der Waals surface area contributed by atoms with Gasteiger partial charge in [0.25, 0.3) is 5.91 Å². The summed E-state index contributed by atoms with van der Waals surface area (Å²) < 4.78 is 5.63. The first kappa shape index (κ1) is 21.3. The van der Waals surface area contributed by atoms with E-state index in [1.807, 2.05) is 56.3 Å². The number of benzene rings is 3. The molecule has 0 saturated carbocycles. The number of fused-ring (bicyclic) bond motifs is 1. The second-order valence-corrected chi connectivity index (χ2v) is 7.94. The van der Waals surface area contributed by atoms with Gasteiger partial charge in [-0.2, -0.15) is 0 Å². The van der Waals surface area contributed by atoms with Gasteiger partial charge in [-0.25, -0.2) is 4.98 Å². The molecule has 162 valence electrons. The number of nitrogens with one attached hydrogen (secondary N) is 2. The number of hydrogen-bond acceptors (Lipinski definition) is 4. The average Bonchev–Trinajstić information content (AvgIpc) is 3.25. The lowest BCUT2D eigenvalue weighted by atomic mass is 10.0. The molecule has 32 heavy (non-hydrogen) atoms. The summed E-state index contributed by atoms with van der Waals surface area (Å²) >= 11 is 0. The molecule has 1 aromatic heterocycles. The maximum Gasteiger partial charge on any atom is 0.258 e. The molecule has 6 nitrogen and oxygen atoms in total. The number of aromatic amines is 1. The monoisotopic (exact) mass is 427 g/mol. The Labute approximate surface area is 186 Å². The quantitative estimate of drug-likeness (QED) is 0.400. The van der Waals surface area contributed by atoms with Crippen LogP contribution in [0.4, 0.5) is 0 Å². The van der Waals surface area contributed by atoms with Crippen LogP contribution in [0.1, 0.15) is 41.6 Å². The highest BCUT2D eigenvalue weighted by Gasteiger charge is 2.22. The lowest BCUT2D eigenvalue weighted by Crippen LogP contribution is -2.35. The Hall–Kier alpha value is -3.93. The second kappa shape index (κ2) is 9.47. The summed E-state index contributed by atoms with van der Waals surface area (Å²) in [6.45, 7) is 3.93. The fraction of sp³-hybridized carbons (Fsp3) is 0.192. The molecule has 0 radical (unpaired) electrons. The number of ether oxygens (including phenoxy) is 1. The molecular formula is C26H25N3O3. The third kappa shape index (κ3) is 4.86. The summed E-state index contributed by atoms with van der Waals surface area (Å²) in [7, 11) is 0. The molecule has 0 aliphatic rings. The number of rotatable bonds is 8. The highest BCUT2D eigenvalue weighted by molar-refractivity contribution is 6.09. The van der Waals surface area contributed by atoms with Crippen molar-refractivity contribution in [1.29, 1.82) is 0 Å². The van der Waals surface area contributed by atoms with Crippen molar-refractivity contribution < 1.29 is 14.3 Å². The van der Waals surface area contributed by atoms with E-state index in [2.05, 4.69) is 15.3 Å².